The smallest absolute Gasteiger partial charge is 0.234 e. The summed E-state index contributed by atoms with van der Waals surface area (Å²) in [5.41, 5.74) is 2.70. The summed E-state index contributed by atoms with van der Waals surface area (Å²) in [6, 6.07) is 3.83. The number of anilines is 1. The van der Waals surface area contributed by atoms with Crippen LogP contribution in [0.4, 0.5) is 5.69 Å². The highest BCUT2D eigenvalue weighted by Gasteiger charge is 2.11. The molecule has 2 aromatic heterocycles. The Morgan fingerprint density at radius 3 is 2.95 bits per heavy atom. The summed E-state index contributed by atoms with van der Waals surface area (Å²) in [4.78, 5) is 12.8. The number of benzene rings is 1. The van der Waals surface area contributed by atoms with Gasteiger partial charge in [-0.15, -0.1) is 10.2 Å². The molecule has 3 rings (SSSR count). The largest absolute Gasteiger partial charge is 0.325 e. The topological polar surface area (TPSA) is 72.2 Å². The Morgan fingerprint density at radius 1 is 1.41 bits per heavy atom. The zero-order chi connectivity index (χ0) is 15.7. The van der Waals surface area contributed by atoms with E-state index in [4.69, 9.17) is 11.6 Å². The maximum atomic E-state index is 12.1. The van der Waals surface area contributed by atoms with Crippen LogP contribution in [0.2, 0.25) is 5.02 Å². The Morgan fingerprint density at radius 2 is 2.23 bits per heavy atom. The normalized spacial score (nSPS) is 11.0. The van der Waals surface area contributed by atoms with Crippen molar-refractivity contribution in [2.75, 3.05) is 5.32 Å². The molecule has 22 heavy (non-hydrogen) atoms. The fraction of sp³-hybridized carbons (Fsp3) is 0.286. The molecule has 0 saturated carbocycles. The first-order valence-corrected chi connectivity index (χ1v) is 7.94. The number of aryl methyl sites for hydroxylation is 3. The first kappa shape index (κ1) is 14.9. The second-order valence-electron chi connectivity index (χ2n) is 5.04. The number of aromatic nitrogens is 4. The van der Waals surface area contributed by atoms with Gasteiger partial charge in [-0.05, 0) is 31.0 Å². The van der Waals surface area contributed by atoms with E-state index in [1.54, 1.807) is 10.8 Å². The Labute approximate surface area is 136 Å². The van der Waals surface area contributed by atoms with Gasteiger partial charge in [-0.1, -0.05) is 29.0 Å². The molecular formula is C14H14ClN5OS. The van der Waals surface area contributed by atoms with E-state index in [9.17, 15) is 4.79 Å². The van der Waals surface area contributed by atoms with Gasteiger partial charge in [0, 0.05) is 12.8 Å². The molecule has 0 aliphatic heterocycles. The molecule has 0 aliphatic rings. The number of hydrogen-bond acceptors (Lipinski definition) is 5. The number of halogens is 1. The van der Waals surface area contributed by atoms with Gasteiger partial charge in [-0.3, -0.25) is 4.79 Å². The number of rotatable bonds is 4. The highest BCUT2D eigenvalue weighted by molar-refractivity contribution is 7.16. The third-order valence-corrected chi connectivity index (χ3v) is 4.46. The minimum absolute atomic E-state index is 0.0835. The summed E-state index contributed by atoms with van der Waals surface area (Å²) in [7, 11) is 0. The van der Waals surface area contributed by atoms with Crippen molar-refractivity contribution >= 4 is 39.5 Å². The summed E-state index contributed by atoms with van der Waals surface area (Å²) < 4.78 is 1.61. The van der Waals surface area contributed by atoms with Crippen molar-refractivity contribution in [2.45, 2.75) is 26.7 Å². The maximum absolute atomic E-state index is 12.1. The van der Waals surface area contributed by atoms with Crippen LogP contribution in [0.5, 0.6) is 0 Å². The van der Waals surface area contributed by atoms with Gasteiger partial charge < -0.3 is 5.32 Å². The molecule has 0 aliphatic carbocycles. The first-order chi connectivity index (χ1) is 10.5. The van der Waals surface area contributed by atoms with E-state index in [0.29, 0.717) is 23.6 Å². The average molecular weight is 336 g/mol. The zero-order valence-corrected chi connectivity index (χ0v) is 13.7. The zero-order valence-electron chi connectivity index (χ0n) is 12.1. The van der Waals surface area contributed by atoms with Gasteiger partial charge >= 0.3 is 0 Å². The van der Waals surface area contributed by atoms with Gasteiger partial charge in [-0.2, -0.15) is 9.61 Å². The molecule has 0 atom stereocenters. The molecule has 1 N–H and O–H groups in total. The van der Waals surface area contributed by atoms with Gasteiger partial charge in [0.15, 0.2) is 0 Å². The average Bonchev–Trinajstić information content (AvgIpc) is 3.01. The van der Waals surface area contributed by atoms with Gasteiger partial charge in [-0.25, -0.2) is 0 Å². The van der Waals surface area contributed by atoms with Crippen LogP contribution in [-0.4, -0.2) is 25.7 Å². The van der Waals surface area contributed by atoms with E-state index >= 15 is 0 Å². The van der Waals surface area contributed by atoms with Gasteiger partial charge in [0.1, 0.15) is 11.3 Å². The molecule has 3 aromatic rings. The molecular weight excluding hydrogens is 322 g/mol. The molecule has 8 heteroatoms. The summed E-state index contributed by atoms with van der Waals surface area (Å²) in [5, 5.41) is 16.3. The molecule has 2 heterocycles. The molecule has 0 radical (unpaired) electrons. The molecule has 6 nitrogen and oxygen atoms in total. The SMILES string of the molecule is Cc1cc(C)c(NC(=O)CCc2nn3cnnc3s2)c(Cl)c1. The van der Waals surface area contributed by atoms with Crippen LogP contribution in [0.15, 0.2) is 18.5 Å². The molecule has 0 saturated heterocycles. The quantitative estimate of drug-likeness (QED) is 0.795. The van der Waals surface area contributed by atoms with Crippen LogP contribution in [0.1, 0.15) is 22.6 Å². The Balaban J connectivity index is 1.64. The molecule has 114 valence electrons. The van der Waals surface area contributed by atoms with Crippen molar-refractivity contribution in [3.63, 3.8) is 0 Å². The van der Waals surface area contributed by atoms with E-state index in [1.165, 1.54) is 11.3 Å². The predicted octanol–water partition coefficient (Wildman–Crippen LogP) is 3.03. The minimum atomic E-state index is -0.0835. The molecule has 0 fully saturated rings. The number of carbonyl (C=O) groups is 1. The van der Waals surface area contributed by atoms with Crippen LogP contribution in [0.3, 0.4) is 0 Å². The Kier molecular flexibility index (Phi) is 4.08. The molecule has 1 amide bonds. The second kappa shape index (κ2) is 6.02. The highest BCUT2D eigenvalue weighted by Crippen LogP contribution is 2.27. The van der Waals surface area contributed by atoms with Gasteiger partial charge in [0.05, 0.1) is 10.7 Å². The Bertz CT molecular complexity index is 789. The lowest BCUT2D eigenvalue weighted by molar-refractivity contribution is -0.116. The third kappa shape index (κ3) is 3.10. The maximum Gasteiger partial charge on any atom is 0.234 e. The van der Waals surface area contributed by atoms with E-state index in [-0.39, 0.29) is 5.91 Å². The van der Waals surface area contributed by atoms with Crippen molar-refractivity contribution in [1.82, 2.24) is 19.8 Å². The predicted molar refractivity (Wildman–Crippen MR) is 86.5 cm³/mol. The van der Waals surface area contributed by atoms with E-state index in [2.05, 4.69) is 20.6 Å². The molecule has 0 spiro atoms. The van der Waals surface area contributed by atoms with E-state index in [1.807, 2.05) is 26.0 Å². The summed E-state index contributed by atoms with van der Waals surface area (Å²) in [6.07, 6.45) is 2.45. The van der Waals surface area contributed by atoms with Crippen molar-refractivity contribution in [2.24, 2.45) is 0 Å². The lowest BCUT2D eigenvalue weighted by atomic mass is 10.1. The van der Waals surface area contributed by atoms with Gasteiger partial charge in [0.2, 0.25) is 10.9 Å². The van der Waals surface area contributed by atoms with Crippen molar-refractivity contribution in [3.05, 3.63) is 39.6 Å². The first-order valence-electron chi connectivity index (χ1n) is 6.75. The lowest BCUT2D eigenvalue weighted by Crippen LogP contribution is -2.13. The van der Waals surface area contributed by atoms with Gasteiger partial charge in [0.25, 0.3) is 0 Å². The number of amides is 1. The fourth-order valence-electron chi connectivity index (χ4n) is 2.20. The van der Waals surface area contributed by atoms with Crippen molar-refractivity contribution < 1.29 is 4.79 Å². The summed E-state index contributed by atoms with van der Waals surface area (Å²) in [6.45, 7) is 3.90. The third-order valence-electron chi connectivity index (χ3n) is 3.19. The minimum Gasteiger partial charge on any atom is -0.325 e. The van der Waals surface area contributed by atoms with E-state index < -0.39 is 0 Å². The number of nitrogens with zero attached hydrogens (tertiary/aromatic N) is 4. The highest BCUT2D eigenvalue weighted by atomic mass is 35.5. The summed E-state index contributed by atoms with van der Waals surface area (Å²) in [5.74, 6) is -0.0835. The second-order valence-corrected chi connectivity index (χ2v) is 6.49. The number of fused-ring (bicyclic) bond motifs is 1. The van der Waals surface area contributed by atoms with Crippen LogP contribution in [0, 0.1) is 13.8 Å². The van der Waals surface area contributed by atoms with Crippen LogP contribution in [-0.2, 0) is 11.2 Å². The van der Waals surface area contributed by atoms with Crippen LogP contribution < -0.4 is 5.32 Å². The van der Waals surface area contributed by atoms with E-state index in [0.717, 1.165) is 21.1 Å². The molecule has 1 aromatic carbocycles. The van der Waals surface area contributed by atoms with Crippen molar-refractivity contribution in [1.29, 1.82) is 0 Å². The number of carbonyl (C=O) groups excluding carboxylic acids is 1. The Hall–Kier alpha value is -1.99. The summed E-state index contributed by atoms with van der Waals surface area (Å²) >= 11 is 7.62. The monoisotopic (exact) mass is 335 g/mol. The van der Waals surface area contributed by atoms with Crippen molar-refractivity contribution in [3.8, 4) is 0 Å². The van der Waals surface area contributed by atoms with Crippen LogP contribution >= 0.6 is 22.9 Å². The fourth-order valence-corrected chi connectivity index (χ4v) is 3.38. The number of hydrogen-bond donors (Lipinski definition) is 1. The lowest BCUT2D eigenvalue weighted by Gasteiger charge is -2.11. The number of nitrogens with one attached hydrogen (secondary N) is 1. The standard InChI is InChI=1S/C14H14ClN5OS/c1-8-5-9(2)13(10(15)6-8)17-11(21)3-4-12-19-20-7-16-18-14(20)22-12/h5-7H,3-4H2,1-2H3,(H,17,21). The van der Waals surface area contributed by atoms with Crippen LogP contribution in [0.25, 0.3) is 4.96 Å². The molecule has 0 unspecified atom stereocenters. The molecule has 0 bridgehead atoms.